The van der Waals surface area contributed by atoms with Crippen molar-refractivity contribution in [1.29, 1.82) is 0 Å². The summed E-state index contributed by atoms with van der Waals surface area (Å²) >= 11 is 6.38. The van der Waals surface area contributed by atoms with Crippen molar-refractivity contribution in [3.63, 3.8) is 0 Å². The highest BCUT2D eigenvalue weighted by Gasteiger charge is 2.13. The molecule has 0 N–H and O–H groups in total. The molecule has 0 aliphatic heterocycles. The zero-order valence-electron chi connectivity index (χ0n) is 12.8. The van der Waals surface area contributed by atoms with Gasteiger partial charge >= 0.3 is 0 Å². The van der Waals surface area contributed by atoms with Crippen LogP contribution in [0.15, 0.2) is 96.0 Å². The molecule has 0 heterocycles. The van der Waals surface area contributed by atoms with E-state index in [0.717, 1.165) is 5.56 Å². The van der Waals surface area contributed by atoms with Crippen LogP contribution in [-0.4, -0.2) is 11.7 Å². The van der Waals surface area contributed by atoms with E-state index in [2.05, 4.69) is 53.5 Å². The zero-order chi connectivity index (χ0) is 15.9. The van der Waals surface area contributed by atoms with Gasteiger partial charge in [0.05, 0.1) is 6.54 Å². The average molecular weight is 320 g/mol. The van der Waals surface area contributed by atoms with Crippen molar-refractivity contribution in [3.8, 4) is 0 Å². The lowest BCUT2D eigenvalue weighted by Gasteiger charge is -2.16. The third-order valence-corrected chi connectivity index (χ3v) is 4.17. The van der Waals surface area contributed by atoms with Crippen LogP contribution < -0.4 is 0 Å². The van der Waals surface area contributed by atoms with Crippen molar-refractivity contribution in [3.05, 3.63) is 108 Å². The number of nitrogens with zero attached hydrogens (tertiary/aromatic N) is 1. The minimum atomic E-state index is 0.204. The summed E-state index contributed by atoms with van der Waals surface area (Å²) in [5.41, 5.74) is 3.45. The number of rotatable bonds is 5. The highest BCUT2D eigenvalue weighted by Crippen LogP contribution is 2.25. The third-order valence-electron chi connectivity index (χ3n) is 3.83. The van der Waals surface area contributed by atoms with Crippen LogP contribution in [0, 0.1) is 0 Å². The van der Waals surface area contributed by atoms with Crippen molar-refractivity contribution < 1.29 is 0 Å². The monoisotopic (exact) mass is 319 g/mol. The van der Waals surface area contributed by atoms with E-state index in [-0.39, 0.29) is 5.92 Å². The predicted molar refractivity (Wildman–Crippen MR) is 98.4 cm³/mol. The van der Waals surface area contributed by atoms with E-state index < -0.39 is 0 Å². The molecule has 0 aliphatic carbocycles. The van der Waals surface area contributed by atoms with Gasteiger partial charge < -0.3 is 0 Å². The van der Waals surface area contributed by atoms with Crippen LogP contribution in [0.25, 0.3) is 0 Å². The molecular weight excluding hydrogens is 302 g/mol. The molecule has 0 saturated carbocycles. The summed E-state index contributed by atoms with van der Waals surface area (Å²) in [4.78, 5) is 4.63. The molecule has 23 heavy (non-hydrogen) atoms. The van der Waals surface area contributed by atoms with Crippen LogP contribution in [0.4, 0.5) is 0 Å². The number of hydrogen-bond donors (Lipinski definition) is 0. The fraction of sp³-hybridized carbons (Fsp3) is 0.0952. The van der Waals surface area contributed by atoms with Crippen LogP contribution in [-0.2, 0) is 0 Å². The molecule has 3 aromatic rings. The number of aliphatic imine (C=N–C) groups is 1. The molecule has 0 radical (unpaired) electrons. The van der Waals surface area contributed by atoms with Crippen molar-refractivity contribution in [2.24, 2.45) is 4.99 Å². The van der Waals surface area contributed by atoms with E-state index in [9.17, 15) is 0 Å². The second-order valence-electron chi connectivity index (χ2n) is 5.37. The first kappa shape index (κ1) is 15.5. The maximum atomic E-state index is 6.38. The van der Waals surface area contributed by atoms with Gasteiger partial charge in [-0.05, 0) is 11.1 Å². The molecule has 3 rings (SSSR count). The fourth-order valence-corrected chi connectivity index (χ4v) is 2.81. The Morgan fingerprint density at radius 2 is 1.13 bits per heavy atom. The molecule has 3 aromatic carbocycles. The zero-order valence-corrected chi connectivity index (χ0v) is 13.5. The smallest absolute Gasteiger partial charge is 0.130 e. The Balaban J connectivity index is 1.88. The Hall–Kier alpha value is -2.38. The second-order valence-corrected chi connectivity index (χ2v) is 5.73. The Morgan fingerprint density at radius 3 is 1.61 bits per heavy atom. The predicted octanol–water partition coefficient (Wildman–Crippen LogP) is 5.50. The lowest BCUT2D eigenvalue weighted by molar-refractivity contribution is 0.822. The molecule has 2 heteroatoms. The topological polar surface area (TPSA) is 12.4 Å². The van der Waals surface area contributed by atoms with Gasteiger partial charge in [-0.2, -0.15) is 0 Å². The maximum Gasteiger partial charge on any atom is 0.130 e. The second kappa shape index (κ2) is 7.75. The van der Waals surface area contributed by atoms with Crippen molar-refractivity contribution >= 4 is 16.8 Å². The van der Waals surface area contributed by atoms with E-state index in [4.69, 9.17) is 11.6 Å². The summed E-state index contributed by atoms with van der Waals surface area (Å²) in [7, 11) is 0. The lowest BCUT2D eigenvalue weighted by atomic mass is 9.91. The Morgan fingerprint density at radius 1 is 0.696 bits per heavy atom. The maximum absolute atomic E-state index is 6.38. The summed E-state index contributed by atoms with van der Waals surface area (Å²) in [5, 5.41) is 0.558. The van der Waals surface area contributed by atoms with Gasteiger partial charge in [-0.25, -0.2) is 0 Å². The standard InChI is InChI=1S/C21H18ClN/c22-21(19-14-8-3-9-15-19)23-16-20(17-10-4-1-5-11-17)18-12-6-2-7-13-18/h1-15,20H,16H2. The lowest BCUT2D eigenvalue weighted by Crippen LogP contribution is -2.06. The quantitative estimate of drug-likeness (QED) is 0.550. The Bertz CT molecular complexity index is 712. The Labute approximate surface area is 142 Å². The van der Waals surface area contributed by atoms with Crippen molar-refractivity contribution in [1.82, 2.24) is 0 Å². The largest absolute Gasteiger partial charge is 0.272 e. The summed E-state index contributed by atoms with van der Waals surface area (Å²) in [6.45, 7) is 0.627. The molecule has 0 spiro atoms. The highest BCUT2D eigenvalue weighted by molar-refractivity contribution is 6.69. The van der Waals surface area contributed by atoms with Crippen molar-refractivity contribution in [2.45, 2.75) is 5.92 Å². The van der Waals surface area contributed by atoms with Crippen LogP contribution >= 0.6 is 11.6 Å². The molecule has 0 saturated heterocycles. The van der Waals surface area contributed by atoms with E-state index in [1.807, 2.05) is 42.5 Å². The molecule has 0 unspecified atom stereocenters. The van der Waals surface area contributed by atoms with Gasteiger partial charge in [0.2, 0.25) is 0 Å². The van der Waals surface area contributed by atoms with Gasteiger partial charge in [-0.15, -0.1) is 0 Å². The average Bonchev–Trinajstić information content (AvgIpc) is 2.64. The summed E-state index contributed by atoms with van der Waals surface area (Å²) in [5.74, 6) is 0.204. The molecule has 1 nitrogen and oxygen atoms in total. The minimum absolute atomic E-state index is 0.204. The number of hydrogen-bond acceptors (Lipinski definition) is 1. The van der Waals surface area contributed by atoms with Crippen LogP contribution in [0.5, 0.6) is 0 Å². The van der Waals surface area contributed by atoms with E-state index in [1.54, 1.807) is 0 Å². The molecule has 114 valence electrons. The highest BCUT2D eigenvalue weighted by atomic mass is 35.5. The number of halogens is 1. The van der Waals surface area contributed by atoms with Crippen LogP contribution in [0.1, 0.15) is 22.6 Å². The molecule has 0 bridgehead atoms. The van der Waals surface area contributed by atoms with Gasteiger partial charge in [0.15, 0.2) is 0 Å². The van der Waals surface area contributed by atoms with Crippen LogP contribution in [0.3, 0.4) is 0 Å². The van der Waals surface area contributed by atoms with Gasteiger partial charge in [-0.1, -0.05) is 103 Å². The van der Waals surface area contributed by atoms with Gasteiger partial charge in [0, 0.05) is 11.5 Å². The van der Waals surface area contributed by atoms with E-state index in [0.29, 0.717) is 11.7 Å². The van der Waals surface area contributed by atoms with E-state index in [1.165, 1.54) is 11.1 Å². The first-order valence-corrected chi connectivity index (χ1v) is 8.07. The van der Waals surface area contributed by atoms with Crippen molar-refractivity contribution in [2.75, 3.05) is 6.54 Å². The molecule has 0 fully saturated rings. The molecule has 0 amide bonds. The molecular formula is C21H18ClN. The molecule has 0 aromatic heterocycles. The molecule has 0 atom stereocenters. The Kier molecular flexibility index (Phi) is 5.23. The summed E-state index contributed by atoms with van der Waals surface area (Å²) in [6, 6.07) is 30.8. The first-order valence-electron chi connectivity index (χ1n) is 7.70. The van der Waals surface area contributed by atoms with Crippen LogP contribution in [0.2, 0.25) is 0 Å². The van der Waals surface area contributed by atoms with E-state index >= 15 is 0 Å². The van der Waals surface area contributed by atoms with Gasteiger partial charge in [-0.3, -0.25) is 4.99 Å². The molecule has 0 aliphatic rings. The first-order chi connectivity index (χ1) is 11.3. The third kappa shape index (κ3) is 4.08. The summed E-state index contributed by atoms with van der Waals surface area (Å²) in [6.07, 6.45) is 0. The van der Waals surface area contributed by atoms with Gasteiger partial charge in [0.1, 0.15) is 5.17 Å². The summed E-state index contributed by atoms with van der Waals surface area (Å²) < 4.78 is 0. The minimum Gasteiger partial charge on any atom is -0.272 e. The normalized spacial score (nSPS) is 11.7. The van der Waals surface area contributed by atoms with Gasteiger partial charge in [0.25, 0.3) is 0 Å². The SMILES string of the molecule is ClC(=NCC(c1ccccc1)c1ccccc1)c1ccccc1. The number of benzene rings is 3. The fourth-order valence-electron chi connectivity index (χ4n) is 2.61.